The molecule has 94 valence electrons. The third-order valence-corrected chi connectivity index (χ3v) is 3.37. The lowest BCUT2D eigenvalue weighted by Crippen LogP contribution is -2.16. The largest absolute Gasteiger partial charge is 0.192 e. The second-order valence-electron chi connectivity index (χ2n) is 5.30. The molecule has 0 radical (unpaired) electrons. The summed E-state index contributed by atoms with van der Waals surface area (Å²) in [6, 6.07) is 11.5. The first-order valence-corrected chi connectivity index (χ1v) is 9.52. The summed E-state index contributed by atoms with van der Waals surface area (Å²) >= 11 is 0. The molecule has 0 saturated heterocycles. The van der Waals surface area contributed by atoms with Crippen LogP contribution in [0.25, 0.3) is 5.57 Å². The van der Waals surface area contributed by atoms with Gasteiger partial charge in [0.15, 0.2) is 0 Å². The highest BCUT2D eigenvalue weighted by Gasteiger charge is 2.07. The van der Waals surface area contributed by atoms with Crippen LogP contribution in [0.1, 0.15) is 18.1 Å². The van der Waals surface area contributed by atoms with Crippen molar-refractivity contribution in [3.05, 3.63) is 41.0 Å². The van der Waals surface area contributed by atoms with Gasteiger partial charge in [0.05, 0.1) is 0 Å². The second kappa shape index (κ2) is 6.05. The minimum atomic E-state index is -1.36. The third-order valence-electron chi connectivity index (χ3n) is 2.50. The molecule has 0 heterocycles. The summed E-state index contributed by atoms with van der Waals surface area (Å²) in [6.45, 7) is 8.39. The Hall–Kier alpha value is -2.28. The quantitative estimate of drug-likeness (QED) is 0.441. The van der Waals surface area contributed by atoms with Gasteiger partial charge in [-0.1, -0.05) is 37.7 Å². The number of nitrogens with zero attached hydrogens (tertiary/aromatic N) is 2. The lowest BCUT2D eigenvalue weighted by atomic mass is 10.0. The van der Waals surface area contributed by atoms with Gasteiger partial charge in [0.1, 0.15) is 25.8 Å². The van der Waals surface area contributed by atoms with Crippen LogP contribution in [0.5, 0.6) is 0 Å². The molecule has 0 aliphatic rings. The van der Waals surface area contributed by atoms with Gasteiger partial charge in [-0.15, -0.1) is 5.54 Å². The average molecular weight is 264 g/mol. The molecule has 1 aromatic rings. The van der Waals surface area contributed by atoms with Crippen LogP contribution in [0.3, 0.4) is 0 Å². The van der Waals surface area contributed by atoms with Crippen LogP contribution in [0.15, 0.2) is 29.8 Å². The van der Waals surface area contributed by atoms with Gasteiger partial charge >= 0.3 is 0 Å². The van der Waals surface area contributed by atoms with Crippen molar-refractivity contribution in [1.29, 1.82) is 10.5 Å². The molecule has 19 heavy (non-hydrogen) atoms. The zero-order valence-electron chi connectivity index (χ0n) is 11.7. The number of rotatable bonds is 1. The van der Waals surface area contributed by atoms with Gasteiger partial charge in [0.2, 0.25) is 0 Å². The van der Waals surface area contributed by atoms with Gasteiger partial charge < -0.3 is 0 Å². The summed E-state index contributed by atoms with van der Waals surface area (Å²) in [6.07, 6.45) is 0. The first-order valence-electron chi connectivity index (χ1n) is 6.02. The van der Waals surface area contributed by atoms with E-state index in [9.17, 15) is 0 Å². The first-order chi connectivity index (χ1) is 8.87. The Morgan fingerprint density at radius 3 is 1.95 bits per heavy atom. The lowest BCUT2D eigenvalue weighted by Gasteiger charge is -2.04. The van der Waals surface area contributed by atoms with E-state index in [1.165, 1.54) is 0 Å². The molecule has 0 bridgehead atoms. The Morgan fingerprint density at radius 1 is 1.00 bits per heavy atom. The van der Waals surface area contributed by atoms with Crippen LogP contribution in [0, 0.1) is 34.1 Å². The molecular formula is C16H16N2Si. The lowest BCUT2D eigenvalue weighted by molar-refractivity contribution is 1.44. The zero-order chi connectivity index (χ0) is 14.5. The Kier molecular flexibility index (Phi) is 4.71. The minimum absolute atomic E-state index is 0.154. The Morgan fingerprint density at radius 2 is 1.53 bits per heavy atom. The zero-order valence-corrected chi connectivity index (χ0v) is 12.7. The Labute approximate surface area is 116 Å². The molecule has 0 aliphatic carbocycles. The molecule has 0 spiro atoms. The van der Waals surface area contributed by atoms with Crippen molar-refractivity contribution in [2.75, 3.05) is 0 Å². The summed E-state index contributed by atoms with van der Waals surface area (Å²) < 4.78 is 0. The normalized spacial score (nSPS) is 9.58. The SMILES string of the molecule is CC(=C(C#N)C#N)c1ccc(C#C[Si](C)(C)C)cc1. The highest BCUT2D eigenvalue weighted by Crippen LogP contribution is 2.18. The van der Waals surface area contributed by atoms with E-state index in [0.29, 0.717) is 5.57 Å². The summed E-state index contributed by atoms with van der Waals surface area (Å²) in [5.74, 6) is 3.17. The van der Waals surface area contributed by atoms with E-state index in [-0.39, 0.29) is 5.57 Å². The van der Waals surface area contributed by atoms with Crippen LogP contribution in [0.2, 0.25) is 19.6 Å². The van der Waals surface area contributed by atoms with Crippen molar-refractivity contribution in [1.82, 2.24) is 0 Å². The van der Waals surface area contributed by atoms with Crippen LogP contribution < -0.4 is 0 Å². The van der Waals surface area contributed by atoms with Gasteiger partial charge in [0.25, 0.3) is 0 Å². The highest BCUT2D eigenvalue weighted by atomic mass is 28.3. The number of hydrogen-bond donors (Lipinski definition) is 0. The van der Waals surface area contributed by atoms with E-state index in [2.05, 4.69) is 31.1 Å². The molecule has 0 fully saturated rings. The van der Waals surface area contributed by atoms with Crippen LogP contribution in [-0.4, -0.2) is 8.07 Å². The van der Waals surface area contributed by atoms with Crippen LogP contribution in [0.4, 0.5) is 0 Å². The molecule has 0 unspecified atom stereocenters. The van der Waals surface area contributed by atoms with Gasteiger partial charge in [-0.25, -0.2) is 0 Å². The maximum Gasteiger partial charge on any atom is 0.133 e. The molecule has 3 heteroatoms. The molecule has 0 atom stereocenters. The molecule has 0 N–H and O–H groups in total. The van der Waals surface area contributed by atoms with Crippen molar-refractivity contribution in [3.63, 3.8) is 0 Å². The fraction of sp³-hybridized carbons (Fsp3) is 0.250. The van der Waals surface area contributed by atoms with Crippen molar-refractivity contribution in [2.45, 2.75) is 26.6 Å². The van der Waals surface area contributed by atoms with E-state index in [1.54, 1.807) is 6.92 Å². The Balaban J connectivity index is 3.08. The van der Waals surface area contributed by atoms with E-state index >= 15 is 0 Å². The highest BCUT2D eigenvalue weighted by molar-refractivity contribution is 6.83. The van der Waals surface area contributed by atoms with E-state index < -0.39 is 8.07 Å². The molecule has 2 nitrogen and oxygen atoms in total. The maximum atomic E-state index is 8.84. The van der Waals surface area contributed by atoms with Gasteiger partial charge in [-0.3, -0.25) is 0 Å². The number of hydrogen-bond acceptors (Lipinski definition) is 2. The third kappa shape index (κ3) is 4.47. The van der Waals surface area contributed by atoms with E-state index in [0.717, 1.165) is 11.1 Å². The predicted octanol–water partition coefficient (Wildman–Crippen LogP) is 3.74. The van der Waals surface area contributed by atoms with Crippen molar-refractivity contribution >= 4 is 13.6 Å². The standard InChI is InChI=1S/C16H16N2Si/c1-13(16(11-17)12-18)15-7-5-14(6-8-15)9-10-19(2,3)4/h5-8H,1-4H3. The smallest absolute Gasteiger partial charge is 0.133 e. The topological polar surface area (TPSA) is 47.6 Å². The van der Waals surface area contributed by atoms with Crippen LogP contribution >= 0.6 is 0 Å². The van der Waals surface area contributed by atoms with E-state index in [1.807, 2.05) is 36.4 Å². The molecule has 0 aromatic heterocycles. The molecule has 1 rings (SSSR count). The first kappa shape index (κ1) is 14.8. The summed E-state index contributed by atoms with van der Waals surface area (Å²) in [7, 11) is -1.36. The minimum Gasteiger partial charge on any atom is -0.192 e. The second-order valence-corrected chi connectivity index (χ2v) is 10.1. The van der Waals surface area contributed by atoms with Crippen molar-refractivity contribution in [2.24, 2.45) is 0 Å². The van der Waals surface area contributed by atoms with Gasteiger partial charge in [-0.05, 0) is 30.2 Å². The maximum absolute atomic E-state index is 8.84. The summed E-state index contributed by atoms with van der Waals surface area (Å²) in [5.41, 5.74) is 6.01. The molecular weight excluding hydrogens is 248 g/mol. The molecule has 0 saturated carbocycles. The van der Waals surface area contributed by atoms with Crippen LogP contribution in [-0.2, 0) is 0 Å². The van der Waals surface area contributed by atoms with Crippen molar-refractivity contribution < 1.29 is 0 Å². The molecule has 0 amide bonds. The Bertz CT molecular complexity index is 620. The van der Waals surface area contributed by atoms with Crippen molar-refractivity contribution in [3.8, 4) is 23.6 Å². The summed E-state index contributed by atoms with van der Waals surface area (Å²) in [5, 5.41) is 17.7. The average Bonchev–Trinajstić information content (AvgIpc) is 2.37. The summed E-state index contributed by atoms with van der Waals surface area (Å²) in [4.78, 5) is 0. The van der Waals surface area contributed by atoms with Gasteiger partial charge in [0, 0.05) is 5.56 Å². The van der Waals surface area contributed by atoms with Gasteiger partial charge in [-0.2, -0.15) is 10.5 Å². The molecule has 0 aliphatic heterocycles. The van der Waals surface area contributed by atoms with E-state index in [4.69, 9.17) is 10.5 Å². The number of allylic oxidation sites excluding steroid dienone is 2. The fourth-order valence-corrected chi connectivity index (χ4v) is 1.92. The number of benzene rings is 1. The molecule has 1 aromatic carbocycles. The predicted molar refractivity (Wildman–Crippen MR) is 80.5 cm³/mol. The fourth-order valence-electron chi connectivity index (χ4n) is 1.40. The monoisotopic (exact) mass is 264 g/mol. The number of nitriles is 2.